The summed E-state index contributed by atoms with van der Waals surface area (Å²) in [6, 6.07) is 0.784. The highest BCUT2D eigenvalue weighted by molar-refractivity contribution is 7.89. The van der Waals surface area contributed by atoms with Crippen molar-refractivity contribution in [2.45, 2.75) is 0 Å². The largest absolute Gasteiger partial charge is 0.421 e. The summed E-state index contributed by atoms with van der Waals surface area (Å²) in [5.41, 5.74) is -0.794. The number of amides is 1. The van der Waals surface area contributed by atoms with E-state index in [1.807, 2.05) is 0 Å². The quantitative estimate of drug-likeness (QED) is 0.890. The second-order valence-corrected chi connectivity index (χ2v) is 6.44. The van der Waals surface area contributed by atoms with Gasteiger partial charge in [0, 0.05) is 6.07 Å². The number of sulfonamides is 1. The second kappa shape index (κ2) is 6.42. The van der Waals surface area contributed by atoms with E-state index in [1.54, 1.807) is 0 Å². The predicted octanol–water partition coefficient (Wildman–Crippen LogP) is 1.89. The number of nitrogens with zero attached hydrogens (tertiary/aromatic N) is 2. The second-order valence-electron chi connectivity index (χ2n) is 4.25. The minimum Gasteiger partial charge on any atom is -0.421 e. The molecule has 11 heteroatoms. The molecule has 0 unspecified atom stereocenters. The summed E-state index contributed by atoms with van der Waals surface area (Å²) in [5, 5.41) is 0.219. The predicted molar refractivity (Wildman–Crippen MR) is 75.8 cm³/mol. The van der Waals surface area contributed by atoms with Gasteiger partial charge in [-0.3, -0.25) is 4.79 Å². The lowest BCUT2D eigenvalue weighted by atomic mass is 10.2. The molecule has 0 bridgehead atoms. The highest BCUT2D eigenvalue weighted by Gasteiger charge is 2.20. The van der Waals surface area contributed by atoms with Crippen molar-refractivity contribution in [3.63, 3.8) is 0 Å². The van der Waals surface area contributed by atoms with E-state index in [9.17, 15) is 22.0 Å². The SMILES string of the molecule is CS(=O)(=O)NC(=O)c1cc(F)c(Oc2ncc(Cl)cn2)cc1F. The Morgan fingerprint density at radius 1 is 1.22 bits per heavy atom. The Kier molecular flexibility index (Phi) is 4.76. The van der Waals surface area contributed by atoms with E-state index in [4.69, 9.17) is 16.3 Å². The topological polar surface area (TPSA) is 98.2 Å². The maximum Gasteiger partial charge on any atom is 0.322 e. The Bertz CT molecular complexity index is 859. The number of aromatic nitrogens is 2. The zero-order chi connectivity index (χ0) is 17.2. The van der Waals surface area contributed by atoms with Crippen LogP contribution < -0.4 is 9.46 Å². The lowest BCUT2D eigenvalue weighted by Gasteiger charge is -2.08. The molecule has 0 spiro atoms. The van der Waals surface area contributed by atoms with Gasteiger partial charge >= 0.3 is 6.01 Å². The number of halogens is 3. The molecule has 0 saturated heterocycles. The van der Waals surface area contributed by atoms with Gasteiger partial charge in [-0.15, -0.1) is 0 Å². The van der Waals surface area contributed by atoms with Crippen molar-refractivity contribution < 1.29 is 26.7 Å². The molecule has 2 rings (SSSR count). The molecule has 23 heavy (non-hydrogen) atoms. The third kappa shape index (κ3) is 4.57. The van der Waals surface area contributed by atoms with Crippen LogP contribution in [0.1, 0.15) is 10.4 Å². The molecule has 1 aromatic carbocycles. The summed E-state index contributed by atoms with van der Waals surface area (Å²) in [6.07, 6.45) is 3.08. The summed E-state index contributed by atoms with van der Waals surface area (Å²) in [5.74, 6) is -4.18. The minimum absolute atomic E-state index is 0.219. The normalized spacial score (nSPS) is 11.1. The van der Waals surface area contributed by atoms with Crippen LogP contribution in [-0.2, 0) is 10.0 Å². The molecule has 0 radical (unpaired) electrons. The first-order chi connectivity index (χ1) is 10.7. The summed E-state index contributed by atoms with van der Waals surface area (Å²) in [6.45, 7) is 0. The van der Waals surface area contributed by atoms with Crippen LogP contribution in [0, 0.1) is 11.6 Å². The monoisotopic (exact) mass is 363 g/mol. The number of carbonyl (C=O) groups excluding carboxylic acids is 1. The number of hydrogen-bond donors (Lipinski definition) is 1. The first-order valence-electron chi connectivity index (χ1n) is 5.82. The molecule has 1 N–H and O–H groups in total. The first kappa shape index (κ1) is 17.0. The van der Waals surface area contributed by atoms with Crippen LogP contribution in [-0.4, -0.2) is 30.5 Å². The van der Waals surface area contributed by atoms with Crippen LogP contribution in [0.15, 0.2) is 24.5 Å². The molecule has 0 aliphatic carbocycles. The third-order valence-corrected chi connectivity index (χ3v) is 3.09. The van der Waals surface area contributed by atoms with Crippen molar-refractivity contribution >= 4 is 27.5 Å². The fraction of sp³-hybridized carbons (Fsp3) is 0.0833. The molecular weight excluding hydrogens is 356 g/mol. The molecule has 0 aliphatic rings. The fourth-order valence-corrected chi connectivity index (χ4v) is 2.00. The van der Waals surface area contributed by atoms with Crippen molar-refractivity contribution in [2.24, 2.45) is 0 Å². The molecule has 1 amide bonds. The fourth-order valence-electron chi connectivity index (χ4n) is 1.46. The van der Waals surface area contributed by atoms with Gasteiger partial charge in [-0.25, -0.2) is 31.9 Å². The molecule has 0 fully saturated rings. The van der Waals surface area contributed by atoms with Crippen LogP contribution in [0.25, 0.3) is 0 Å². The van der Waals surface area contributed by atoms with E-state index >= 15 is 0 Å². The minimum atomic E-state index is -3.92. The van der Waals surface area contributed by atoms with E-state index in [2.05, 4.69) is 9.97 Å². The number of nitrogens with one attached hydrogen (secondary N) is 1. The highest BCUT2D eigenvalue weighted by Crippen LogP contribution is 2.25. The standard InChI is InChI=1S/C12H8ClF2N3O4S/c1-23(20,21)18-11(19)7-2-9(15)10(3-8(7)14)22-12-16-4-6(13)5-17-12/h2-5H,1H3,(H,18,19). The van der Waals surface area contributed by atoms with Crippen molar-refractivity contribution in [3.8, 4) is 11.8 Å². The molecule has 2 aromatic rings. The Hall–Kier alpha value is -2.33. The van der Waals surface area contributed by atoms with Gasteiger partial charge in [-0.1, -0.05) is 11.6 Å². The number of ether oxygens (including phenoxy) is 1. The Morgan fingerprint density at radius 3 is 2.39 bits per heavy atom. The van der Waals surface area contributed by atoms with E-state index < -0.39 is 38.9 Å². The molecule has 0 saturated carbocycles. The maximum atomic E-state index is 13.9. The van der Waals surface area contributed by atoms with E-state index in [0.717, 1.165) is 0 Å². The molecule has 122 valence electrons. The van der Waals surface area contributed by atoms with Crippen molar-refractivity contribution in [2.75, 3.05) is 6.26 Å². The Labute approximate surface area is 134 Å². The maximum absolute atomic E-state index is 13.9. The van der Waals surface area contributed by atoms with Crippen LogP contribution in [0.4, 0.5) is 8.78 Å². The highest BCUT2D eigenvalue weighted by atomic mass is 35.5. The van der Waals surface area contributed by atoms with Gasteiger partial charge in [0.05, 0.1) is 29.2 Å². The molecule has 0 aliphatic heterocycles. The summed E-state index contributed by atoms with van der Waals surface area (Å²) >= 11 is 5.57. The molecule has 1 heterocycles. The smallest absolute Gasteiger partial charge is 0.322 e. The zero-order valence-corrected chi connectivity index (χ0v) is 13.0. The lowest BCUT2D eigenvalue weighted by molar-refractivity contribution is 0.0977. The zero-order valence-electron chi connectivity index (χ0n) is 11.4. The van der Waals surface area contributed by atoms with Gasteiger partial charge in [0.2, 0.25) is 10.0 Å². The molecule has 1 aromatic heterocycles. The van der Waals surface area contributed by atoms with Crippen LogP contribution >= 0.6 is 11.6 Å². The van der Waals surface area contributed by atoms with Gasteiger partial charge in [0.25, 0.3) is 5.91 Å². The molecule has 0 atom stereocenters. The van der Waals surface area contributed by atoms with Crippen LogP contribution in [0.3, 0.4) is 0 Å². The van der Waals surface area contributed by atoms with E-state index in [-0.39, 0.29) is 11.0 Å². The van der Waals surface area contributed by atoms with Crippen molar-refractivity contribution in [1.29, 1.82) is 0 Å². The number of benzene rings is 1. The Morgan fingerprint density at radius 2 is 1.83 bits per heavy atom. The van der Waals surface area contributed by atoms with Crippen molar-refractivity contribution in [3.05, 3.63) is 46.7 Å². The third-order valence-electron chi connectivity index (χ3n) is 2.34. The molecular formula is C12H8ClF2N3O4S. The number of rotatable bonds is 4. The van der Waals surface area contributed by atoms with Crippen LogP contribution in [0.2, 0.25) is 5.02 Å². The van der Waals surface area contributed by atoms with Gasteiger partial charge in [-0.05, 0) is 6.07 Å². The summed E-state index contributed by atoms with van der Waals surface area (Å²) in [7, 11) is -3.92. The van der Waals surface area contributed by atoms with E-state index in [1.165, 1.54) is 17.1 Å². The lowest BCUT2D eigenvalue weighted by Crippen LogP contribution is -2.30. The average molecular weight is 364 g/mol. The van der Waals surface area contributed by atoms with Gasteiger partial charge in [-0.2, -0.15) is 0 Å². The van der Waals surface area contributed by atoms with E-state index in [0.29, 0.717) is 18.4 Å². The van der Waals surface area contributed by atoms with Gasteiger partial charge in [0.1, 0.15) is 5.82 Å². The van der Waals surface area contributed by atoms with Gasteiger partial charge < -0.3 is 4.74 Å². The van der Waals surface area contributed by atoms with Crippen molar-refractivity contribution in [1.82, 2.24) is 14.7 Å². The summed E-state index contributed by atoms with van der Waals surface area (Å²) < 4.78 is 56.1. The van der Waals surface area contributed by atoms with Gasteiger partial charge in [0.15, 0.2) is 11.6 Å². The number of hydrogen-bond acceptors (Lipinski definition) is 6. The summed E-state index contributed by atoms with van der Waals surface area (Å²) in [4.78, 5) is 18.8. The number of carbonyl (C=O) groups is 1. The average Bonchev–Trinajstić information content (AvgIpc) is 2.43. The van der Waals surface area contributed by atoms with Crippen LogP contribution in [0.5, 0.6) is 11.8 Å². The molecule has 7 nitrogen and oxygen atoms in total. The Balaban J connectivity index is 2.30. The first-order valence-corrected chi connectivity index (χ1v) is 8.09.